The third kappa shape index (κ3) is 5.18. The first kappa shape index (κ1) is 22.2. The summed E-state index contributed by atoms with van der Waals surface area (Å²) in [7, 11) is -2.00. The Morgan fingerprint density at radius 1 is 1.07 bits per heavy atom. The second kappa shape index (κ2) is 10.0. The van der Waals surface area contributed by atoms with Crippen LogP contribution in [0.5, 0.6) is 0 Å². The van der Waals surface area contributed by atoms with Gasteiger partial charge in [-0.1, -0.05) is 61.7 Å². The van der Waals surface area contributed by atoms with E-state index in [1.54, 1.807) is 36.2 Å². The van der Waals surface area contributed by atoms with Gasteiger partial charge in [-0.15, -0.1) is 6.58 Å². The number of carbonyl (C=O) groups is 1. The highest BCUT2D eigenvalue weighted by Crippen LogP contribution is 2.27. The van der Waals surface area contributed by atoms with Gasteiger partial charge in [0.1, 0.15) is 0 Å². The lowest BCUT2D eigenvalue weighted by molar-refractivity contribution is 0.0762. The van der Waals surface area contributed by atoms with E-state index in [9.17, 15) is 13.2 Å². The summed E-state index contributed by atoms with van der Waals surface area (Å²) in [6.45, 7) is 4.57. The van der Waals surface area contributed by atoms with Crippen molar-refractivity contribution in [3.63, 3.8) is 0 Å². The lowest BCUT2D eigenvalue weighted by Crippen LogP contribution is -2.38. The number of nitrogens with zero attached hydrogens (tertiary/aromatic N) is 2. The lowest BCUT2D eigenvalue weighted by Gasteiger charge is -2.30. The van der Waals surface area contributed by atoms with Gasteiger partial charge in [0.25, 0.3) is 5.91 Å². The van der Waals surface area contributed by atoms with Crippen molar-refractivity contribution in [1.82, 2.24) is 9.21 Å². The summed E-state index contributed by atoms with van der Waals surface area (Å²) < 4.78 is 27.8. The fourth-order valence-electron chi connectivity index (χ4n) is 3.96. The SMILES string of the molecule is C=CCN(Cc1ccccc1)C(=O)c1cccc(S(=O)(=O)N(C)C2CCCCC2)c1. The van der Waals surface area contributed by atoms with Gasteiger partial charge in [-0.25, -0.2) is 8.42 Å². The first-order valence-corrected chi connectivity index (χ1v) is 11.9. The summed E-state index contributed by atoms with van der Waals surface area (Å²) in [5, 5.41) is 0. The van der Waals surface area contributed by atoms with Crippen LogP contribution < -0.4 is 0 Å². The molecule has 0 heterocycles. The molecule has 0 unspecified atom stereocenters. The molecule has 1 aliphatic carbocycles. The van der Waals surface area contributed by atoms with Crippen molar-refractivity contribution in [2.45, 2.75) is 49.6 Å². The monoisotopic (exact) mass is 426 g/mol. The average molecular weight is 427 g/mol. The van der Waals surface area contributed by atoms with Crippen LogP contribution in [0.1, 0.15) is 48.0 Å². The molecule has 1 saturated carbocycles. The van der Waals surface area contributed by atoms with E-state index < -0.39 is 10.0 Å². The Labute approximate surface area is 180 Å². The van der Waals surface area contributed by atoms with Crippen LogP contribution in [0.4, 0.5) is 0 Å². The molecular formula is C24H30N2O3S. The van der Waals surface area contributed by atoms with Gasteiger partial charge in [-0.05, 0) is 36.6 Å². The largest absolute Gasteiger partial charge is 0.331 e. The quantitative estimate of drug-likeness (QED) is 0.585. The van der Waals surface area contributed by atoms with Crippen molar-refractivity contribution in [3.8, 4) is 0 Å². The normalized spacial score (nSPS) is 15.1. The van der Waals surface area contributed by atoms with E-state index in [0.29, 0.717) is 18.7 Å². The Hall–Kier alpha value is -2.44. The van der Waals surface area contributed by atoms with Crippen molar-refractivity contribution in [2.75, 3.05) is 13.6 Å². The second-order valence-electron chi connectivity index (χ2n) is 7.80. The zero-order valence-corrected chi connectivity index (χ0v) is 18.4. The van der Waals surface area contributed by atoms with Gasteiger partial charge >= 0.3 is 0 Å². The van der Waals surface area contributed by atoms with Gasteiger partial charge in [-0.3, -0.25) is 4.79 Å². The fourth-order valence-corrected chi connectivity index (χ4v) is 5.42. The maximum atomic E-state index is 13.2. The number of sulfonamides is 1. The molecule has 1 aliphatic rings. The van der Waals surface area contributed by atoms with E-state index in [-0.39, 0.29) is 16.8 Å². The summed E-state index contributed by atoms with van der Waals surface area (Å²) in [5.41, 5.74) is 1.37. The zero-order chi connectivity index (χ0) is 21.6. The second-order valence-corrected chi connectivity index (χ2v) is 9.80. The third-order valence-electron chi connectivity index (χ3n) is 5.70. The standard InChI is InChI=1S/C24H30N2O3S/c1-3-17-26(19-20-11-6-4-7-12-20)24(27)21-13-10-16-23(18-21)30(28,29)25(2)22-14-8-5-9-15-22/h3-4,6-7,10-13,16,18,22H,1,5,8-9,14-15,17,19H2,2H3. The molecule has 0 spiro atoms. The average Bonchev–Trinajstić information content (AvgIpc) is 2.79. The molecule has 3 rings (SSSR count). The summed E-state index contributed by atoms with van der Waals surface area (Å²) in [4.78, 5) is 15.0. The van der Waals surface area contributed by atoms with Crippen LogP contribution in [0.25, 0.3) is 0 Å². The molecule has 1 fully saturated rings. The van der Waals surface area contributed by atoms with Crippen LogP contribution in [-0.4, -0.2) is 43.2 Å². The predicted octanol–water partition coefficient (Wildman–Crippen LogP) is 4.47. The highest BCUT2D eigenvalue weighted by Gasteiger charge is 2.29. The van der Waals surface area contributed by atoms with Gasteiger partial charge in [0.05, 0.1) is 4.90 Å². The molecule has 0 aliphatic heterocycles. The maximum Gasteiger partial charge on any atom is 0.254 e. The molecule has 0 aromatic heterocycles. The summed E-state index contributed by atoms with van der Waals surface area (Å²) >= 11 is 0. The first-order chi connectivity index (χ1) is 14.4. The van der Waals surface area contributed by atoms with E-state index in [1.165, 1.54) is 10.4 Å². The van der Waals surface area contributed by atoms with Crippen molar-refractivity contribution in [2.24, 2.45) is 0 Å². The Morgan fingerprint density at radius 3 is 2.43 bits per heavy atom. The molecule has 0 bridgehead atoms. The van der Waals surface area contributed by atoms with Crippen LogP contribution in [-0.2, 0) is 16.6 Å². The topological polar surface area (TPSA) is 57.7 Å². The first-order valence-electron chi connectivity index (χ1n) is 10.5. The molecule has 0 atom stereocenters. The van der Waals surface area contributed by atoms with Gasteiger partial charge in [0.15, 0.2) is 0 Å². The minimum absolute atomic E-state index is 0.0263. The molecule has 0 radical (unpaired) electrons. The molecule has 1 amide bonds. The maximum absolute atomic E-state index is 13.2. The van der Waals surface area contributed by atoms with Gasteiger partial charge < -0.3 is 4.90 Å². The highest BCUT2D eigenvalue weighted by molar-refractivity contribution is 7.89. The molecular weight excluding hydrogens is 396 g/mol. The third-order valence-corrected chi connectivity index (χ3v) is 7.61. The molecule has 2 aromatic carbocycles. The van der Waals surface area contributed by atoms with E-state index >= 15 is 0 Å². The highest BCUT2D eigenvalue weighted by atomic mass is 32.2. The molecule has 5 nitrogen and oxygen atoms in total. The van der Waals surface area contributed by atoms with E-state index in [0.717, 1.165) is 37.7 Å². The number of rotatable bonds is 8. The summed E-state index contributed by atoms with van der Waals surface area (Å²) in [6, 6.07) is 16.1. The van der Waals surface area contributed by atoms with Gasteiger partial charge in [-0.2, -0.15) is 4.31 Å². The van der Waals surface area contributed by atoms with Crippen LogP contribution in [0.3, 0.4) is 0 Å². The number of hydrogen-bond acceptors (Lipinski definition) is 3. The molecule has 30 heavy (non-hydrogen) atoms. The molecule has 0 saturated heterocycles. The minimum atomic E-state index is -3.65. The Bertz CT molecular complexity index is 967. The fraction of sp³-hybridized carbons (Fsp3) is 0.375. The van der Waals surface area contributed by atoms with E-state index in [1.807, 2.05) is 30.3 Å². The number of amides is 1. The van der Waals surface area contributed by atoms with Crippen LogP contribution >= 0.6 is 0 Å². The zero-order valence-electron chi connectivity index (χ0n) is 17.5. The van der Waals surface area contributed by atoms with Crippen LogP contribution in [0, 0.1) is 0 Å². The van der Waals surface area contributed by atoms with Crippen LogP contribution in [0.2, 0.25) is 0 Å². The Morgan fingerprint density at radius 2 is 1.77 bits per heavy atom. The van der Waals surface area contributed by atoms with Gasteiger partial charge in [0, 0.05) is 31.7 Å². The number of hydrogen-bond donors (Lipinski definition) is 0. The number of benzene rings is 2. The summed E-state index contributed by atoms with van der Waals surface area (Å²) in [6.07, 6.45) is 6.72. The predicted molar refractivity (Wildman–Crippen MR) is 120 cm³/mol. The van der Waals surface area contributed by atoms with Crippen LogP contribution in [0.15, 0.2) is 72.1 Å². The lowest BCUT2D eigenvalue weighted by atomic mass is 9.96. The minimum Gasteiger partial charge on any atom is -0.331 e. The smallest absolute Gasteiger partial charge is 0.254 e. The molecule has 160 valence electrons. The van der Waals surface area contributed by atoms with Crippen molar-refractivity contribution in [1.29, 1.82) is 0 Å². The van der Waals surface area contributed by atoms with Gasteiger partial charge in [0.2, 0.25) is 10.0 Å². The Balaban J connectivity index is 1.83. The van der Waals surface area contributed by atoms with Crippen molar-refractivity contribution in [3.05, 3.63) is 78.4 Å². The summed E-state index contributed by atoms with van der Waals surface area (Å²) in [5.74, 6) is -0.212. The Kier molecular flexibility index (Phi) is 7.45. The van der Waals surface area contributed by atoms with E-state index in [4.69, 9.17) is 0 Å². The molecule has 0 N–H and O–H groups in total. The van der Waals surface area contributed by atoms with E-state index in [2.05, 4.69) is 6.58 Å². The van der Waals surface area contributed by atoms with Crippen molar-refractivity contribution >= 4 is 15.9 Å². The van der Waals surface area contributed by atoms with Crippen molar-refractivity contribution < 1.29 is 13.2 Å². The molecule has 2 aromatic rings. The number of carbonyl (C=O) groups excluding carboxylic acids is 1. The molecule has 6 heteroatoms.